The van der Waals surface area contributed by atoms with E-state index in [1.165, 1.54) is 11.5 Å². The second kappa shape index (κ2) is 3.28. The molecule has 0 saturated carbocycles. The lowest BCUT2D eigenvalue weighted by atomic mass is 10.3. The lowest BCUT2D eigenvalue weighted by Gasteiger charge is -2.07. The summed E-state index contributed by atoms with van der Waals surface area (Å²) in [6.07, 6.45) is 1.07. The summed E-state index contributed by atoms with van der Waals surface area (Å²) < 4.78 is 9.20. The van der Waals surface area contributed by atoms with E-state index in [0.29, 0.717) is 11.9 Å². The molecule has 0 aromatic carbocycles. The molecular formula is C7H11N3OS. The number of ether oxygens (including phenoxy) is 1. The maximum absolute atomic E-state index is 5.48. The molecule has 1 unspecified atom stereocenters. The van der Waals surface area contributed by atoms with Crippen LogP contribution in [-0.2, 0) is 4.74 Å². The zero-order valence-corrected chi connectivity index (χ0v) is 7.43. The SMILES string of the molecule is Nc1cc(NC2CCOC2)sn1. The molecular weight excluding hydrogens is 174 g/mol. The highest BCUT2D eigenvalue weighted by molar-refractivity contribution is 7.10. The normalized spacial score (nSPS) is 22.8. The minimum Gasteiger partial charge on any atom is -0.383 e. The molecule has 0 bridgehead atoms. The van der Waals surface area contributed by atoms with Crippen LogP contribution >= 0.6 is 11.5 Å². The Kier molecular flexibility index (Phi) is 2.14. The molecule has 1 aromatic heterocycles. The van der Waals surface area contributed by atoms with Crippen molar-refractivity contribution in [2.75, 3.05) is 24.3 Å². The standard InChI is InChI=1S/C7H11N3OS/c8-6-3-7(12-10-6)9-5-1-2-11-4-5/h3,5,9H,1-2,4H2,(H2,8,10). The molecule has 1 fully saturated rings. The summed E-state index contributed by atoms with van der Waals surface area (Å²) in [5, 5.41) is 4.34. The van der Waals surface area contributed by atoms with Crippen LogP contribution in [0.15, 0.2) is 6.07 Å². The number of rotatable bonds is 2. The van der Waals surface area contributed by atoms with Gasteiger partial charge in [0.25, 0.3) is 0 Å². The fraction of sp³-hybridized carbons (Fsp3) is 0.571. The fourth-order valence-corrected chi connectivity index (χ4v) is 1.86. The zero-order chi connectivity index (χ0) is 8.39. The van der Waals surface area contributed by atoms with Crippen molar-refractivity contribution in [2.45, 2.75) is 12.5 Å². The van der Waals surface area contributed by atoms with E-state index in [2.05, 4.69) is 9.69 Å². The molecule has 3 N–H and O–H groups in total. The van der Waals surface area contributed by atoms with Crippen LogP contribution in [0.1, 0.15) is 6.42 Å². The summed E-state index contributed by atoms with van der Waals surface area (Å²) in [7, 11) is 0. The molecule has 5 heteroatoms. The Hall–Kier alpha value is -0.810. The Morgan fingerprint density at radius 1 is 1.75 bits per heavy atom. The molecule has 1 aromatic rings. The van der Waals surface area contributed by atoms with E-state index in [0.717, 1.165) is 24.6 Å². The summed E-state index contributed by atoms with van der Waals surface area (Å²) >= 11 is 1.39. The number of nitrogen functional groups attached to an aromatic ring is 1. The number of nitrogens with one attached hydrogen (secondary N) is 1. The Morgan fingerprint density at radius 2 is 2.67 bits per heavy atom. The molecule has 0 radical (unpaired) electrons. The van der Waals surface area contributed by atoms with E-state index in [1.54, 1.807) is 0 Å². The number of aromatic nitrogens is 1. The molecule has 66 valence electrons. The van der Waals surface area contributed by atoms with Gasteiger partial charge in [0.2, 0.25) is 0 Å². The maximum atomic E-state index is 5.48. The van der Waals surface area contributed by atoms with Gasteiger partial charge in [-0.15, -0.1) is 0 Å². The van der Waals surface area contributed by atoms with Crippen molar-refractivity contribution in [2.24, 2.45) is 0 Å². The van der Waals surface area contributed by atoms with Crippen LogP contribution in [-0.4, -0.2) is 23.6 Å². The first-order chi connectivity index (χ1) is 5.84. The first-order valence-corrected chi connectivity index (χ1v) is 4.68. The van der Waals surface area contributed by atoms with Gasteiger partial charge in [-0.05, 0) is 18.0 Å². The van der Waals surface area contributed by atoms with Crippen LogP contribution in [0.3, 0.4) is 0 Å². The van der Waals surface area contributed by atoms with E-state index in [9.17, 15) is 0 Å². The lowest BCUT2D eigenvalue weighted by molar-refractivity contribution is 0.195. The van der Waals surface area contributed by atoms with Crippen molar-refractivity contribution in [3.8, 4) is 0 Å². The summed E-state index contributed by atoms with van der Waals surface area (Å²) in [6.45, 7) is 1.64. The van der Waals surface area contributed by atoms with Gasteiger partial charge in [0, 0.05) is 12.7 Å². The van der Waals surface area contributed by atoms with Crippen LogP contribution < -0.4 is 11.1 Å². The monoisotopic (exact) mass is 185 g/mol. The number of nitrogens with zero attached hydrogens (tertiary/aromatic N) is 1. The van der Waals surface area contributed by atoms with E-state index in [4.69, 9.17) is 10.5 Å². The zero-order valence-electron chi connectivity index (χ0n) is 6.62. The van der Waals surface area contributed by atoms with Gasteiger partial charge in [-0.2, -0.15) is 4.37 Å². The Morgan fingerprint density at radius 3 is 3.25 bits per heavy atom. The predicted octanol–water partition coefficient (Wildman–Crippen LogP) is 0.926. The third-order valence-corrected chi connectivity index (χ3v) is 2.54. The number of hydrogen-bond donors (Lipinski definition) is 2. The van der Waals surface area contributed by atoms with Crippen LogP contribution in [0.2, 0.25) is 0 Å². The van der Waals surface area contributed by atoms with Gasteiger partial charge in [-0.3, -0.25) is 0 Å². The average Bonchev–Trinajstić information content (AvgIpc) is 2.63. The van der Waals surface area contributed by atoms with Gasteiger partial charge in [-0.25, -0.2) is 0 Å². The van der Waals surface area contributed by atoms with Crippen LogP contribution in [0.25, 0.3) is 0 Å². The van der Waals surface area contributed by atoms with Crippen molar-refractivity contribution in [1.82, 2.24) is 4.37 Å². The van der Waals surface area contributed by atoms with E-state index < -0.39 is 0 Å². The minimum absolute atomic E-state index is 0.435. The molecule has 0 spiro atoms. The van der Waals surface area contributed by atoms with E-state index in [1.807, 2.05) is 6.07 Å². The lowest BCUT2D eigenvalue weighted by Crippen LogP contribution is -2.17. The smallest absolute Gasteiger partial charge is 0.139 e. The van der Waals surface area contributed by atoms with Gasteiger partial charge < -0.3 is 15.8 Å². The molecule has 0 aliphatic carbocycles. The minimum atomic E-state index is 0.435. The van der Waals surface area contributed by atoms with Crippen LogP contribution in [0, 0.1) is 0 Å². The van der Waals surface area contributed by atoms with Crippen LogP contribution in [0.5, 0.6) is 0 Å². The van der Waals surface area contributed by atoms with Gasteiger partial charge >= 0.3 is 0 Å². The highest BCUT2D eigenvalue weighted by atomic mass is 32.1. The number of hydrogen-bond acceptors (Lipinski definition) is 5. The first-order valence-electron chi connectivity index (χ1n) is 3.91. The maximum Gasteiger partial charge on any atom is 0.139 e. The summed E-state index contributed by atoms with van der Waals surface area (Å²) in [5.41, 5.74) is 5.48. The Labute approximate surface area is 74.9 Å². The largest absolute Gasteiger partial charge is 0.383 e. The van der Waals surface area contributed by atoms with Gasteiger partial charge in [0.05, 0.1) is 12.6 Å². The Bertz CT molecular complexity index is 257. The third kappa shape index (κ3) is 1.67. The summed E-state index contributed by atoms with van der Waals surface area (Å²) in [4.78, 5) is 0. The van der Waals surface area contributed by atoms with E-state index in [-0.39, 0.29) is 0 Å². The second-order valence-electron chi connectivity index (χ2n) is 2.82. The number of nitrogens with two attached hydrogens (primary N) is 1. The molecule has 4 nitrogen and oxygen atoms in total. The molecule has 2 heterocycles. The van der Waals surface area contributed by atoms with Crippen molar-refractivity contribution < 1.29 is 4.74 Å². The quantitative estimate of drug-likeness (QED) is 0.719. The predicted molar refractivity (Wildman–Crippen MR) is 49.4 cm³/mol. The molecule has 2 rings (SSSR count). The molecule has 1 aliphatic rings. The van der Waals surface area contributed by atoms with E-state index >= 15 is 0 Å². The summed E-state index contributed by atoms with van der Waals surface area (Å²) in [6, 6.07) is 2.29. The third-order valence-electron chi connectivity index (χ3n) is 1.80. The van der Waals surface area contributed by atoms with Crippen molar-refractivity contribution in [1.29, 1.82) is 0 Å². The molecule has 1 aliphatic heterocycles. The highest BCUT2D eigenvalue weighted by Gasteiger charge is 2.15. The van der Waals surface area contributed by atoms with Crippen molar-refractivity contribution >= 4 is 22.4 Å². The molecule has 1 atom stereocenters. The van der Waals surface area contributed by atoms with Crippen molar-refractivity contribution in [3.63, 3.8) is 0 Å². The number of anilines is 2. The molecule has 12 heavy (non-hydrogen) atoms. The fourth-order valence-electron chi connectivity index (χ4n) is 1.21. The van der Waals surface area contributed by atoms with Gasteiger partial charge in [0.15, 0.2) is 0 Å². The molecule has 1 saturated heterocycles. The first kappa shape index (κ1) is 7.82. The summed E-state index contributed by atoms with van der Waals surface area (Å²) in [5.74, 6) is 0.585. The Balaban J connectivity index is 1.94. The highest BCUT2D eigenvalue weighted by Crippen LogP contribution is 2.20. The van der Waals surface area contributed by atoms with Gasteiger partial charge in [0.1, 0.15) is 10.8 Å². The van der Waals surface area contributed by atoms with Crippen molar-refractivity contribution in [3.05, 3.63) is 6.07 Å². The van der Waals surface area contributed by atoms with Gasteiger partial charge in [-0.1, -0.05) is 0 Å². The molecule has 0 amide bonds. The topological polar surface area (TPSA) is 60.2 Å². The second-order valence-corrected chi connectivity index (χ2v) is 3.63. The van der Waals surface area contributed by atoms with Crippen LogP contribution in [0.4, 0.5) is 10.8 Å². The average molecular weight is 185 g/mol.